The van der Waals surface area contributed by atoms with E-state index in [1.54, 1.807) is 24.3 Å². The summed E-state index contributed by atoms with van der Waals surface area (Å²) in [5, 5.41) is 0. The number of rotatable bonds is 9. The van der Waals surface area contributed by atoms with Crippen molar-refractivity contribution in [3.8, 4) is 0 Å². The summed E-state index contributed by atoms with van der Waals surface area (Å²) in [6.45, 7) is 7.99. The first-order valence-electron chi connectivity index (χ1n) is 9.99. The van der Waals surface area contributed by atoms with Crippen LogP contribution in [0, 0.1) is 11.8 Å². The highest BCUT2D eigenvalue weighted by Gasteiger charge is 2.32. The van der Waals surface area contributed by atoms with Gasteiger partial charge in [0.25, 0.3) is 0 Å². The standard InChI is InChI=1S/C24H30O4/c1-5-21(17(3)27-23(25)19-13-9-7-10-14-19)22(6-2)18(4)28-24(26)20-15-11-8-12-16-20/h7-18,21-22H,5-6H2,1-4H3. The van der Waals surface area contributed by atoms with E-state index in [2.05, 4.69) is 13.8 Å². The van der Waals surface area contributed by atoms with Crippen LogP contribution < -0.4 is 0 Å². The normalized spacial score (nSPS) is 15.1. The molecule has 0 heterocycles. The second-order valence-corrected chi connectivity index (χ2v) is 7.10. The number of benzene rings is 2. The zero-order chi connectivity index (χ0) is 20.5. The Morgan fingerprint density at radius 3 is 1.29 bits per heavy atom. The fraction of sp³-hybridized carbons (Fsp3) is 0.417. The van der Waals surface area contributed by atoms with Gasteiger partial charge in [-0.25, -0.2) is 9.59 Å². The predicted octanol–water partition coefficient (Wildman–Crippen LogP) is 5.53. The smallest absolute Gasteiger partial charge is 0.338 e. The molecule has 28 heavy (non-hydrogen) atoms. The number of ether oxygens (including phenoxy) is 2. The van der Waals surface area contributed by atoms with E-state index >= 15 is 0 Å². The summed E-state index contributed by atoms with van der Waals surface area (Å²) < 4.78 is 11.5. The van der Waals surface area contributed by atoms with Gasteiger partial charge in [0.05, 0.1) is 11.1 Å². The van der Waals surface area contributed by atoms with Crippen LogP contribution in [0.5, 0.6) is 0 Å². The minimum Gasteiger partial charge on any atom is -0.459 e. The molecule has 2 aromatic rings. The summed E-state index contributed by atoms with van der Waals surface area (Å²) in [4.78, 5) is 24.8. The van der Waals surface area contributed by atoms with Crippen LogP contribution in [0.4, 0.5) is 0 Å². The number of esters is 2. The molecule has 4 atom stereocenters. The minimum absolute atomic E-state index is 0.0937. The van der Waals surface area contributed by atoms with Crippen molar-refractivity contribution in [2.24, 2.45) is 11.8 Å². The summed E-state index contributed by atoms with van der Waals surface area (Å²) in [6, 6.07) is 18.0. The first-order chi connectivity index (χ1) is 13.5. The van der Waals surface area contributed by atoms with Crippen molar-refractivity contribution in [3.63, 3.8) is 0 Å². The zero-order valence-corrected chi connectivity index (χ0v) is 17.1. The van der Waals surface area contributed by atoms with E-state index in [-0.39, 0.29) is 36.0 Å². The summed E-state index contributed by atoms with van der Waals surface area (Å²) in [6.07, 6.45) is 1.10. The summed E-state index contributed by atoms with van der Waals surface area (Å²) >= 11 is 0. The van der Waals surface area contributed by atoms with Gasteiger partial charge in [-0.2, -0.15) is 0 Å². The Hall–Kier alpha value is -2.62. The van der Waals surface area contributed by atoms with E-state index < -0.39 is 0 Å². The third kappa shape index (κ3) is 5.69. The molecule has 150 valence electrons. The third-order valence-electron chi connectivity index (χ3n) is 5.30. The number of carbonyl (C=O) groups excluding carboxylic acids is 2. The van der Waals surface area contributed by atoms with Gasteiger partial charge in [0.2, 0.25) is 0 Å². The molecule has 0 aliphatic heterocycles. The third-order valence-corrected chi connectivity index (χ3v) is 5.30. The van der Waals surface area contributed by atoms with Crippen LogP contribution in [-0.2, 0) is 9.47 Å². The van der Waals surface area contributed by atoms with Crippen molar-refractivity contribution in [3.05, 3.63) is 71.8 Å². The van der Waals surface area contributed by atoms with E-state index in [1.165, 1.54) is 0 Å². The van der Waals surface area contributed by atoms with Crippen molar-refractivity contribution < 1.29 is 19.1 Å². The topological polar surface area (TPSA) is 52.6 Å². The van der Waals surface area contributed by atoms with Gasteiger partial charge in [0.15, 0.2) is 0 Å². The highest BCUT2D eigenvalue weighted by Crippen LogP contribution is 2.30. The van der Waals surface area contributed by atoms with Crippen LogP contribution in [0.15, 0.2) is 60.7 Å². The molecule has 0 bridgehead atoms. The summed E-state index contributed by atoms with van der Waals surface area (Å²) in [7, 11) is 0. The first kappa shape index (κ1) is 21.7. The summed E-state index contributed by atoms with van der Waals surface area (Å²) in [5.41, 5.74) is 1.08. The maximum atomic E-state index is 12.4. The lowest BCUT2D eigenvalue weighted by atomic mass is 9.81. The van der Waals surface area contributed by atoms with Crippen LogP contribution in [0.1, 0.15) is 61.3 Å². The monoisotopic (exact) mass is 382 g/mol. The van der Waals surface area contributed by atoms with E-state index in [0.29, 0.717) is 11.1 Å². The molecule has 2 aromatic carbocycles. The summed E-state index contributed by atoms with van der Waals surface area (Å²) in [5.74, 6) is -0.460. The van der Waals surface area contributed by atoms with Gasteiger partial charge in [-0.05, 0) is 51.0 Å². The van der Waals surface area contributed by atoms with E-state index in [0.717, 1.165) is 12.8 Å². The highest BCUT2D eigenvalue weighted by atomic mass is 16.5. The molecule has 2 rings (SSSR count). The molecule has 0 N–H and O–H groups in total. The fourth-order valence-electron chi connectivity index (χ4n) is 3.76. The Morgan fingerprint density at radius 2 is 1.00 bits per heavy atom. The number of hydrogen-bond acceptors (Lipinski definition) is 4. The van der Waals surface area contributed by atoms with Crippen LogP contribution in [0.3, 0.4) is 0 Å². The molecule has 0 aromatic heterocycles. The lowest BCUT2D eigenvalue weighted by Gasteiger charge is -2.33. The maximum Gasteiger partial charge on any atom is 0.338 e. The van der Waals surface area contributed by atoms with E-state index in [4.69, 9.17) is 9.47 Å². The van der Waals surface area contributed by atoms with Gasteiger partial charge < -0.3 is 9.47 Å². The Balaban J connectivity index is 2.04. The van der Waals surface area contributed by atoms with E-state index in [1.807, 2.05) is 50.2 Å². The molecule has 0 amide bonds. The molecule has 0 spiro atoms. The Labute approximate surface area is 167 Å². The van der Waals surface area contributed by atoms with Gasteiger partial charge in [-0.15, -0.1) is 0 Å². The largest absolute Gasteiger partial charge is 0.459 e. The van der Waals surface area contributed by atoms with Gasteiger partial charge >= 0.3 is 11.9 Å². The van der Waals surface area contributed by atoms with Gasteiger partial charge in [0, 0.05) is 11.8 Å². The molecule has 4 heteroatoms. The molecule has 0 fully saturated rings. The molecule has 4 unspecified atom stereocenters. The minimum atomic E-state index is -0.324. The number of hydrogen-bond donors (Lipinski definition) is 0. The number of carbonyl (C=O) groups is 2. The molecule has 0 aliphatic carbocycles. The van der Waals surface area contributed by atoms with Crippen LogP contribution >= 0.6 is 0 Å². The molecule has 0 radical (unpaired) electrons. The molecular weight excluding hydrogens is 352 g/mol. The van der Waals surface area contributed by atoms with Crippen molar-refractivity contribution in [2.45, 2.75) is 52.7 Å². The predicted molar refractivity (Wildman–Crippen MR) is 110 cm³/mol. The molecule has 0 aliphatic rings. The Kier molecular flexibility index (Phi) is 8.24. The van der Waals surface area contributed by atoms with Crippen LogP contribution in [-0.4, -0.2) is 24.1 Å². The average molecular weight is 383 g/mol. The second-order valence-electron chi connectivity index (χ2n) is 7.10. The fourth-order valence-corrected chi connectivity index (χ4v) is 3.76. The molecular formula is C24H30O4. The maximum absolute atomic E-state index is 12.4. The van der Waals surface area contributed by atoms with Crippen LogP contribution in [0.25, 0.3) is 0 Å². The SMILES string of the molecule is CCC(C(C)OC(=O)c1ccccc1)C(CC)C(C)OC(=O)c1ccccc1. The average Bonchev–Trinajstić information content (AvgIpc) is 2.72. The molecule has 0 saturated heterocycles. The lowest BCUT2D eigenvalue weighted by Crippen LogP contribution is -2.36. The van der Waals surface area contributed by atoms with Crippen molar-refractivity contribution in [1.29, 1.82) is 0 Å². The zero-order valence-electron chi connectivity index (χ0n) is 17.1. The second kappa shape index (κ2) is 10.6. The van der Waals surface area contributed by atoms with Gasteiger partial charge in [-0.3, -0.25) is 0 Å². The first-order valence-corrected chi connectivity index (χ1v) is 9.99. The van der Waals surface area contributed by atoms with Gasteiger partial charge in [-0.1, -0.05) is 50.2 Å². The van der Waals surface area contributed by atoms with E-state index in [9.17, 15) is 9.59 Å². The molecule has 0 saturated carbocycles. The Morgan fingerprint density at radius 1 is 0.679 bits per heavy atom. The van der Waals surface area contributed by atoms with Crippen molar-refractivity contribution in [1.82, 2.24) is 0 Å². The van der Waals surface area contributed by atoms with Crippen molar-refractivity contribution in [2.75, 3.05) is 0 Å². The van der Waals surface area contributed by atoms with Gasteiger partial charge in [0.1, 0.15) is 12.2 Å². The van der Waals surface area contributed by atoms with Crippen LogP contribution in [0.2, 0.25) is 0 Å². The van der Waals surface area contributed by atoms with Crippen molar-refractivity contribution >= 4 is 11.9 Å². The Bertz CT molecular complexity index is 676. The highest BCUT2D eigenvalue weighted by molar-refractivity contribution is 5.89. The molecule has 4 nitrogen and oxygen atoms in total. The quantitative estimate of drug-likeness (QED) is 0.535. The lowest BCUT2D eigenvalue weighted by molar-refractivity contribution is -0.0255.